The van der Waals surface area contributed by atoms with Crippen LogP contribution >= 0.6 is 0 Å². The second-order valence-corrected chi connectivity index (χ2v) is 4.71. The van der Waals surface area contributed by atoms with Crippen LogP contribution in [0, 0.1) is 6.92 Å². The number of hydrogen-bond acceptors (Lipinski definition) is 0. The summed E-state index contributed by atoms with van der Waals surface area (Å²) < 4.78 is 2.36. The summed E-state index contributed by atoms with van der Waals surface area (Å²) >= 11 is 0. The van der Waals surface area contributed by atoms with Gasteiger partial charge in [0.1, 0.15) is 0 Å². The normalized spacial score (nSPS) is 11.0. The summed E-state index contributed by atoms with van der Waals surface area (Å²) in [6, 6.07) is 12.9. The molecule has 1 nitrogen and oxygen atoms in total. The highest BCUT2D eigenvalue weighted by Gasteiger charge is 2.07. The predicted octanol–water partition coefficient (Wildman–Crippen LogP) is 3.97. The first-order chi connectivity index (χ1) is 7.66. The van der Waals surface area contributed by atoms with Gasteiger partial charge in [-0.2, -0.15) is 0 Å². The maximum Gasteiger partial charge on any atom is 0.0473 e. The van der Waals surface area contributed by atoms with Crippen molar-refractivity contribution >= 4 is 0 Å². The van der Waals surface area contributed by atoms with Crippen molar-refractivity contribution in [3.8, 4) is 0 Å². The van der Waals surface area contributed by atoms with E-state index >= 15 is 0 Å². The molecule has 0 atom stereocenters. The van der Waals surface area contributed by atoms with Crippen LogP contribution in [0.4, 0.5) is 0 Å². The van der Waals surface area contributed by atoms with Gasteiger partial charge in [0.25, 0.3) is 0 Å². The van der Waals surface area contributed by atoms with Crippen LogP contribution < -0.4 is 0 Å². The summed E-state index contributed by atoms with van der Waals surface area (Å²) in [5, 5.41) is 0. The van der Waals surface area contributed by atoms with E-state index in [1.54, 1.807) is 0 Å². The van der Waals surface area contributed by atoms with Gasteiger partial charge in [-0.25, -0.2) is 0 Å². The van der Waals surface area contributed by atoms with E-state index in [9.17, 15) is 0 Å². The molecule has 2 rings (SSSR count). The predicted molar refractivity (Wildman–Crippen MR) is 68.8 cm³/mol. The van der Waals surface area contributed by atoms with E-state index in [0.717, 1.165) is 6.54 Å². The maximum atomic E-state index is 2.36. The van der Waals surface area contributed by atoms with E-state index < -0.39 is 0 Å². The van der Waals surface area contributed by atoms with Crippen LogP contribution in [0.5, 0.6) is 0 Å². The van der Waals surface area contributed by atoms with Gasteiger partial charge in [-0.3, -0.25) is 0 Å². The summed E-state index contributed by atoms with van der Waals surface area (Å²) in [5.41, 5.74) is 4.13. The summed E-state index contributed by atoms with van der Waals surface area (Å²) in [7, 11) is 0. The number of aromatic nitrogens is 1. The van der Waals surface area contributed by atoms with Crippen molar-refractivity contribution in [2.75, 3.05) is 0 Å². The molecule has 0 aliphatic carbocycles. The topological polar surface area (TPSA) is 4.93 Å². The van der Waals surface area contributed by atoms with Gasteiger partial charge in [-0.15, -0.1) is 0 Å². The summed E-state index contributed by atoms with van der Waals surface area (Å²) in [5.74, 6) is 0.581. The molecule has 0 radical (unpaired) electrons. The lowest BCUT2D eigenvalue weighted by Gasteiger charge is -2.11. The standard InChI is InChI=1S/C15H19N/c1-12(2)15-9-13(3)10-16(15)11-14-7-5-4-6-8-14/h4-10,12H,11H2,1-3H3. The Balaban J connectivity index is 2.28. The van der Waals surface area contributed by atoms with E-state index in [4.69, 9.17) is 0 Å². The lowest BCUT2D eigenvalue weighted by molar-refractivity contribution is 0.693. The largest absolute Gasteiger partial charge is 0.347 e. The molecule has 0 amide bonds. The number of hydrogen-bond donors (Lipinski definition) is 0. The van der Waals surface area contributed by atoms with Gasteiger partial charge in [0, 0.05) is 18.4 Å². The molecule has 2 aromatic rings. The van der Waals surface area contributed by atoms with Crippen molar-refractivity contribution in [2.45, 2.75) is 33.2 Å². The maximum absolute atomic E-state index is 2.36. The monoisotopic (exact) mass is 213 g/mol. The molecular formula is C15H19N. The second-order valence-electron chi connectivity index (χ2n) is 4.71. The van der Waals surface area contributed by atoms with Crippen LogP contribution in [0.25, 0.3) is 0 Å². The number of benzene rings is 1. The van der Waals surface area contributed by atoms with Gasteiger partial charge in [-0.1, -0.05) is 44.2 Å². The van der Waals surface area contributed by atoms with Gasteiger partial charge < -0.3 is 4.57 Å². The lowest BCUT2D eigenvalue weighted by Crippen LogP contribution is -2.04. The highest BCUT2D eigenvalue weighted by molar-refractivity contribution is 5.23. The first kappa shape index (κ1) is 11.0. The highest BCUT2D eigenvalue weighted by atomic mass is 15.0. The number of nitrogens with zero attached hydrogens (tertiary/aromatic N) is 1. The smallest absolute Gasteiger partial charge is 0.0473 e. The van der Waals surface area contributed by atoms with Crippen LogP contribution in [-0.4, -0.2) is 4.57 Å². The minimum absolute atomic E-state index is 0.581. The number of rotatable bonds is 3. The Labute approximate surface area is 97.7 Å². The molecule has 0 bridgehead atoms. The van der Waals surface area contributed by atoms with Crippen LogP contribution in [-0.2, 0) is 6.54 Å². The summed E-state index contributed by atoms with van der Waals surface area (Å²) in [4.78, 5) is 0. The summed E-state index contributed by atoms with van der Waals surface area (Å²) in [6.45, 7) is 7.63. The second kappa shape index (κ2) is 4.56. The Morgan fingerprint density at radius 1 is 1.12 bits per heavy atom. The van der Waals surface area contributed by atoms with E-state index in [2.05, 4.69) is 67.9 Å². The fraction of sp³-hybridized carbons (Fsp3) is 0.333. The van der Waals surface area contributed by atoms with E-state index in [-0.39, 0.29) is 0 Å². The fourth-order valence-electron chi connectivity index (χ4n) is 2.09. The first-order valence-electron chi connectivity index (χ1n) is 5.87. The lowest BCUT2D eigenvalue weighted by atomic mass is 10.1. The van der Waals surface area contributed by atoms with Crippen molar-refractivity contribution in [1.82, 2.24) is 4.57 Å². The van der Waals surface area contributed by atoms with Crippen LogP contribution in [0.15, 0.2) is 42.6 Å². The van der Waals surface area contributed by atoms with Crippen molar-refractivity contribution < 1.29 is 0 Å². The van der Waals surface area contributed by atoms with Gasteiger partial charge in [0.15, 0.2) is 0 Å². The highest BCUT2D eigenvalue weighted by Crippen LogP contribution is 2.19. The quantitative estimate of drug-likeness (QED) is 0.727. The molecule has 1 heteroatoms. The molecule has 0 saturated carbocycles. The Kier molecular flexibility index (Phi) is 3.14. The van der Waals surface area contributed by atoms with Gasteiger partial charge in [0.2, 0.25) is 0 Å². The average Bonchev–Trinajstić information content (AvgIpc) is 2.61. The minimum Gasteiger partial charge on any atom is -0.347 e. The SMILES string of the molecule is Cc1cc(C(C)C)n(Cc2ccccc2)c1. The first-order valence-corrected chi connectivity index (χ1v) is 5.87. The Hall–Kier alpha value is -1.50. The van der Waals surface area contributed by atoms with Crippen LogP contribution in [0.1, 0.15) is 36.6 Å². The molecule has 16 heavy (non-hydrogen) atoms. The molecule has 84 valence electrons. The molecule has 0 fully saturated rings. The Morgan fingerprint density at radius 2 is 1.81 bits per heavy atom. The van der Waals surface area contributed by atoms with Crippen molar-refractivity contribution in [3.63, 3.8) is 0 Å². The molecule has 1 aromatic heterocycles. The Bertz CT molecular complexity index is 452. The van der Waals surface area contributed by atoms with E-state index in [1.807, 2.05) is 0 Å². The third-order valence-corrected chi connectivity index (χ3v) is 2.85. The molecule has 1 heterocycles. The molecule has 1 aromatic carbocycles. The summed E-state index contributed by atoms with van der Waals surface area (Å²) in [6.07, 6.45) is 2.24. The van der Waals surface area contributed by atoms with Crippen LogP contribution in [0.2, 0.25) is 0 Å². The van der Waals surface area contributed by atoms with Gasteiger partial charge >= 0.3 is 0 Å². The minimum atomic E-state index is 0.581. The zero-order valence-electron chi connectivity index (χ0n) is 10.3. The molecule has 0 aliphatic rings. The Morgan fingerprint density at radius 3 is 2.44 bits per heavy atom. The van der Waals surface area contributed by atoms with Crippen molar-refractivity contribution in [2.24, 2.45) is 0 Å². The molecule has 0 aliphatic heterocycles. The van der Waals surface area contributed by atoms with E-state index in [0.29, 0.717) is 5.92 Å². The van der Waals surface area contributed by atoms with E-state index in [1.165, 1.54) is 16.8 Å². The van der Waals surface area contributed by atoms with Crippen molar-refractivity contribution in [1.29, 1.82) is 0 Å². The van der Waals surface area contributed by atoms with Gasteiger partial charge in [0.05, 0.1) is 0 Å². The fourth-order valence-corrected chi connectivity index (χ4v) is 2.09. The molecule has 0 unspecified atom stereocenters. The van der Waals surface area contributed by atoms with Gasteiger partial charge in [-0.05, 0) is 30.0 Å². The van der Waals surface area contributed by atoms with Crippen molar-refractivity contribution in [3.05, 3.63) is 59.4 Å². The molecule has 0 saturated heterocycles. The molecular weight excluding hydrogens is 194 g/mol. The third kappa shape index (κ3) is 2.35. The molecule has 0 N–H and O–H groups in total. The molecule has 0 spiro atoms. The zero-order valence-corrected chi connectivity index (χ0v) is 10.3. The van der Waals surface area contributed by atoms with Crippen LogP contribution in [0.3, 0.4) is 0 Å². The average molecular weight is 213 g/mol. The third-order valence-electron chi connectivity index (χ3n) is 2.85. The zero-order chi connectivity index (χ0) is 11.5. The number of aryl methyl sites for hydroxylation is 1.